The van der Waals surface area contributed by atoms with Crippen LogP contribution in [0, 0.1) is 0 Å². The lowest BCUT2D eigenvalue weighted by Crippen LogP contribution is -2.45. The van der Waals surface area contributed by atoms with Crippen molar-refractivity contribution in [3.63, 3.8) is 0 Å². The van der Waals surface area contributed by atoms with Crippen LogP contribution in [0.5, 0.6) is 5.75 Å². The molecule has 2 amide bonds. The topological polar surface area (TPSA) is 105 Å². The molecule has 8 nitrogen and oxygen atoms in total. The van der Waals surface area contributed by atoms with E-state index in [0.717, 1.165) is 19.3 Å². The first kappa shape index (κ1) is 24.7. The number of nitrogens with one attached hydrogen (secondary N) is 2. The number of fused-ring (bicyclic) bond motifs is 1. The number of ether oxygens (including phenoxy) is 1. The molecule has 1 aliphatic carbocycles. The van der Waals surface area contributed by atoms with E-state index in [1.54, 1.807) is 23.7 Å². The predicted octanol–water partition coefficient (Wildman–Crippen LogP) is 4.21. The highest BCUT2D eigenvalue weighted by Gasteiger charge is 2.30. The number of benzene rings is 1. The zero-order valence-electron chi connectivity index (χ0n) is 20.8. The predicted molar refractivity (Wildman–Crippen MR) is 136 cm³/mol. The second-order valence-corrected chi connectivity index (χ2v) is 9.36. The first-order valence-corrected chi connectivity index (χ1v) is 12.3. The molecule has 0 spiro atoms. The van der Waals surface area contributed by atoms with E-state index in [4.69, 9.17) is 9.72 Å². The van der Waals surface area contributed by atoms with Crippen LogP contribution < -0.4 is 15.4 Å². The van der Waals surface area contributed by atoms with Crippen molar-refractivity contribution in [2.24, 2.45) is 7.05 Å². The molecule has 0 saturated heterocycles. The lowest BCUT2D eigenvalue weighted by molar-refractivity contribution is 0.0707. The van der Waals surface area contributed by atoms with Crippen molar-refractivity contribution >= 4 is 28.5 Å². The normalized spacial score (nSPS) is 18.0. The van der Waals surface area contributed by atoms with Gasteiger partial charge in [-0.25, -0.2) is 4.98 Å². The number of aromatic nitrogens is 2. The van der Waals surface area contributed by atoms with E-state index in [1.165, 1.54) is 0 Å². The summed E-state index contributed by atoms with van der Waals surface area (Å²) in [6, 6.07) is 10.6. The van der Waals surface area contributed by atoms with Crippen molar-refractivity contribution in [3.8, 4) is 5.75 Å². The number of carbonyl (C=O) groups excluding carboxylic acids is 2. The summed E-state index contributed by atoms with van der Waals surface area (Å²) >= 11 is 0. The van der Waals surface area contributed by atoms with Gasteiger partial charge in [0.25, 0.3) is 11.8 Å². The summed E-state index contributed by atoms with van der Waals surface area (Å²) in [6.07, 6.45) is 3.22. The zero-order chi connectivity index (χ0) is 25.1. The van der Waals surface area contributed by atoms with Gasteiger partial charge in [-0.05, 0) is 51.3 Å². The highest BCUT2D eigenvalue weighted by molar-refractivity contribution is 6.07. The second kappa shape index (κ2) is 10.5. The maximum Gasteiger partial charge on any atom is 0.272 e. The molecule has 1 aliphatic rings. The average molecular weight is 479 g/mol. The van der Waals surface area contributed by atoms with E-state index in [1.807, 2.05) is 45.0 Å². The molecule has 2 heterocycles. The Morgan fingerprint density at radius 1 is 1.17 bits per heavy atom. The van der Waals surface area contributed by atoms with Crippen molar-refractivity contribution in [3.05, 3.63) is 53.3 Å². The Labute approximate surface area is 205 Å². The molecular formula is C27H34N4O4. The summed E-state index contributed by atoms with van der Waals surface area (Å²) in [5.74, 6) is -0.112. The van der Waals surface area contributed by atoms with Crippen LogP contribution in [0.15, 0.2) is 36.4 Å². The van der Waals surface area contributed by atoms with Crippen LogP contribution in [-0.2, 0) is 13.5 Å². The highest BCUT2D eigenvalue weighted by atomic mass is 16.5. The van der Waals surface area contributed by atoms with Crippen molar-refractivity contribution < 1.29 is 19.4 Å². The molecule has 3 N–H and O–H groups in total. The van der Waals surface area contributed by atoms with Crippen LogP contribution in [0.4, 0.5) is 5.69 Å². The maximum absolute atomic E-state index is 13.4. The lowest BCUT2D eigenvalue weighted by atomic mass is 9.92. The smallest absolute Gasteiger partial charge is 0.272 e. The van der Waals surface area contributed by atoms with Gasteiger partial charge >= 0.3 is 0 Å². The Morgan fingerprint density at radius 3 is 2.54 bits per heavy atom. The Bertz CT molecular complexity index is 1220. The second-order valence-electron chi connectivity index (χ2n) is 9.36. The van der Waals surface area contributed by atoms with Gasteiger partial charge in [0.2, 0.25) is 0 Å². The standard InChI is InChI=1S/C27H34N4O4/c1-5-19-21(30-26(33)17-11-7-6-8-12-17)15-18-24(35-16(2)3)23(31(4)25(18)28-19)27(34)29-20-13-9-10-14-22(20)32/h6-8,11-12,15-16,20,22,32H,5,9-10,13-14H2,1-4H3,(H,29,34)(H,30,33). The molecule has 1 saturated carbocycles. The molecule has 8 heteroatoms. The highest BCUT2D eigenvalue weighted by Crippen LogP contribution is 2.36. The molecule has 2 atom stereocenters. The van der Waals surface area contributed by atoms with Crippen LogP contribution in [0.1, 0.15) is 73.0 Å². The number of nitrogens with zero attached hydrogens (tertiary/aromatic N) is 2. The fourth-order valence-electron chi connectivity index (χ4n) is 4.64. The van der Waals surface area contributed by atoms with Gasteiger partial charge in [-0.1, -0.05) is 38.0 Å². The number of hydrogen-bond acceptors (Lipinski definition) is 5. The molecule has 4 rings (SSSR count). The molecule has 0 radical (unpaired) electrons. The Kier molecular flexibility index (Phi) is 7.40. The van der Waals surface area contributed by atoms with E-state index < -0.39 is 6.10 Å². The first-order chi connectivity index (χ1) is 16.8. The number of carbonyl (C=O) groups is 2. The van der Waals surface area contributed by atoms with Gasteiger partial charge in [-0.3, -0.25) is 9.59 Å². The van der Waals surface area contributed by atoms with Crippen molar-refractivity contribution in [1.82, 2.24) is 14.9 Å². The molecule has 2 unspecified atom stereocenters. The van der Waals surface area contributed by atoms with E-state index in [0.29, 0.717) is 52.3 Å². The molecule has 0 aliphatic heterocycles. The van der Waals surface area contributed by atoms with E-state index in [-0.39, 0.29) is 24.0 Å². The molecule has 2 aromatic heterocycles. The number of aliphatic hydroxyl groups is 1. The summed E-state index contributed by atoms with van der Waals surface area (Å²) in [5.41, 5.74) is 2.81. The summed E-state index contributed by atoms with van der Waals surface area (Å²) in [6.45, 7) is 5.77. The quantitative estimate of drug-likeness (QED) is 0.472. The molecular weight excluding hydrogens is 444 g/mol. The summed E-state index contributed by atoms with van der Waals surface area (Å²) in [7, 11) is 1.79. The molecule has 35 heavy (non-hydrogen) atoms. The average Bonchev–Trinajstić information content (AvgIpc) is 3.10. The molecule has 186 valence electrons. The number of anilines is 1. The minimum atomic E-state index is -0.554. The van der Waals surface area contributed by atoms with E-state index in [9.17, 15) is 14.7 Å². The first-order valence-electron chi connectivity index (χ1n) is 12.3. The Morgan fingerprint density at radius 2 is 1.89 bits per heavy atom. The maximum atomic E-state index is 13.4. The van der Waals surface area contributed by atoms with Gasteiger partial charge in [0.05, 0.1) is 35.0 Å². The third-order valence-corrected chi connectivity index (χ3v) is 6.43. The molecule has 1 aromatic carbocycles. The van der Waals surface area contributed by atoms with Crippen LogP contribution in [-0.4, -0.2) is 44.7 Å². The van der Waals surface area contributed by atoms with E-state index >= 15 is 0 Å². The number of pyridine rings is 1. The largest absolute Gasteiger partial charge is 0.488 e. The lowest BCUT2D eigenvalue weighted by Gasteiger charge is -2.28. The fraction of sp³-hybridized carbons (Fsp3) is 0.444. The van der Waals surface area contributed by atoms with E-state index in [2.05, 4.69) is 10.6 Å². The number of rotatable bonds is 7. The van der Waals surface area contributed by atoms with Gasteiger partial charge in [0, 0.05) is 12.6 Å². The summed E-state index contributed by atoms with van der Waals surface area (Å²) in [4.78, 5) is 31.1. The number of aliphatic hydroxyl groups excluding tert-OH is 1. The van der Waals surface area contributed by atoms with Crippen molar-refractivity contribution in [1.29, 1.82) is 0 Å². The zero-order valence-corrected chi connectivity index (χ0v) is 20.8. The molecule has 1 fully saturated rings. The van der Waals surface area contributed by atoms with Crippen LogP contribution >= 0.6 is 0 Å². The summed E-state index contributed by atoms with van der Waals surface area (Å²) in [5, 5.41) is 17.0. The molecule has 0 bridgehead atoms. The van der Waals surface area contributed by atoms with Crippen LogP contribution in [0.2, 0.25) is 0 Å². The minimum Gasteiger partial charge on any atom is -0.488 e. The van der Waals surface area contributed by atoms with Gasteiger partial charge in [-0.15, -0.1) is 0 Å². The van der Waals surface area contributed by atoms with Crippen LogP contribution in [0.25, 0.3) is 11.0 Å². The van der Waals surface area contributed by atoms with Gasteiger partial charge < -0.3 is 25.0 Å². The van der Waals surface area contributed by atoms with Crippen molar-refractivity contribution in [2.45, 2.75) is 71.1 Å². The van der Waals surface area contributed by atoms with Gasteiger partial charge in [0.1, 0.15) is 5.65 Å². The minimum absolute atomic E-state index is 0.180. The fourth-order valence-corrected chi connectivity index (χ4v) is 4.64. The Hall–Kier alpha value is -3.39. The monoisotopic (exact) mass is 478 g/mol. The number of aryl methyl sites for hydroxylation is 2. The Balaban J connectivity index is 1.76. The van der Waals surface area contributed by atoms with Crippen molar-refractivity contribution in [2.75, 3.05) is 5.32 Å². The number of amides is 2. The van der Waals surface area contributed by atoms with Gasteiger partial charge in [0.15, 0.2) is 11.4 Å². The SMILES string of the molecule is CCc1nc2c(cc1NC(=O)c1ccccc1)c(OC(C)C)c(C(=O)NC1CCCCC1O)n2C. The third-order valence-electron chi connectivity index (χ3n) is 6.43. The van der Waals surface area contributed by atoms with Gasteiger partial charge in [-0.2, -0.15) is 0 Å². The van der Waals surface area contributed by atoms with Crippen LogP contribution in [0.3, 0.4) is 0 Å². The summed E-state index contributed by atoms with van der Waals surface area (Å²) < 4.78 is 7.87. The molecule has 3 aromatic rings. The third kappa shape index (κ3) is 5.17. The number of hydrogen-bond donors (Lipinski definition) is 3.